The first kappa shape index (κ1) is 19.2. The van der Waals surface area contributed by atoms with Gasteiger partial charge in [-0.1, -0.05) is 18.2 Å². The Labute approximate surface area is 166 Å². The molecular formula is C23H31N3O2. The van der Waals surface area contributed by atoms with E-state index in [9.17, 15) is 9.59 Å². The number of aryl methyl sites for hydroxylation is 1. The zero-order valence-corrected chi connectivity index (χ0v) is 17.1. The highest BCUT2D eigenvalue weighted by molar-refractivity contribution is 5.79. The topological polar surface area (TPSA) is 45.6 Å². The van der Waals surface area contributed by atoms with E-state index in [1.54, 1.807) is 11.5 Å². The molecule has 4 rings (SSSR count). The van der Waals surface area contributed by atoms with Crippen molar-refractivity contribution in [3.8, 4) is 0 Å². The van der Waals surface area contributed by atoms with Crippen molar-refractivity contribution in [2.24, 2.45) is 18.9 Å². The highest BCUT2D eigenvalue weighted by atomic mass is 16.2. The zero-order valence-electron chi connectivity index (χ0n) is 17.1. The average Bonchev–Trinajstić information content (AvgIpc) is 2.72. The van der Waals surface area contributed by atoms with Crippen LogP contribution in [0, 0.1) is 11.8 Å². The minimum atomic E-state index is 0.123. The Morgan fingerprint density at radius 1 is 1.00 bits per heavy atom. The van der Waals surface area contributed by atoms with E-state index in [4.69, 9.17) is 0 Å². The molecule has 0 spiro atoms. The van der Waals surface area contributed by atoms with Crippen molar-refractivity contribution in [1.29, 1.82) is 0 Å². The number of hydrogen-bond acceptors (Lipinski definition) is 3. The minimum Gasteiger partial charge on any atom is -0.343 e. The molecule has 0 N–H and O–H groups in total. The van der Waals surface area contributed by atoms with Crippen LogP contribution in [0.4, 0.5) is 0 Å². The summed E-state index contributed by atoms with van der Waals surface area (Å²) in [6.45, 7) is 6.39. The van der Waals surface area contributed by atoms with E-state index in [1.165, 1.54) is 12.8 Å². The number of carbonyl (C=O) groups excluding carboxylic acids is 1. The van der Waals surface area contributed by atoms with E-state index < -0.39 is 0 Å². The standard InChI is InChI=1S/C23H31N3O2/c1-17(27)26-13-9-19(10-14-26)18-7-11-25(12-8-18)16-21-15-20-5-3-4-6-22(20)24(2)23(21)28/h3-6,15,18-19H,7-14,16H2,1-2H3. The molecule has 150 valence electrons. The first-order valence-corrected chi connectivity index (χ1v) is 10.6. The van der Waals surface area contributed by atoms with Gasteiger partial charge in [-0.15, -0.1) is 0 Å². The fraction of sp³-hybridized carbons (Fsp3) is 0.565. The van der Waals surface area contributed by atoms with Crippen LogP contribution >= 0.6 is 0 Å². The van der Waals surface area contributed by atoms with Crippen LogP contribution in [0.25, 0.3) is 10.9 Å². The Balaban J connectivity index is 1.36. The maximum Gasteiger partial charge on any atom is 0.255 e. The normalized spacial score (nSPS) is 20.0. The molecule has 0 unspecified atom stereocenters. The van der Waals surface area contributed by atoms with Crippen molar-refractivity contribution in [2.45, 2.75) is 39.2 Å². The summed E-state index contributed by atoms with van der Waals surface area (Å²) in [6, 6.07) is 10.2. The van der Waals surface area contributed by atoms with Crippen molar-refractivity contribution < 1.29 is 4.79 Å². The molecule has 2 aromatic rings. The lowest BCUT2D eigenvalue weighted by atomic mass is 9.78. The largest absolute Gasteiger partial charge is 0.343 e. The summed E-state index contributed by atoms with van der Waals surface area (Å²) >= 11 is 0. The lowest BCUT2D eigenvalue weighted by Gasteiger charge is -2.40. The minimum absolute atomic E-state index is 0.123. The Bertz CT molecular complexity index is 904. The van der Waals surface area contributed by atoms with Crippen molar-refractivity contribution in [2.75, 3.05) is 26.2 Å². The number of carbonyl (C=O) groups is 1. The summed E-state index contributed by atoms with van der Waals surface area (Å²) in [7, 11) is 1.87. The van der Waals surface area contributed by atoms with Gasteiger partial charge in [0.05, 0.1) is 5.52 Å². The number of piperidine rings is 2. The first-order chi connectivity index (χ1) is 13.5. The van der Waals surface area contributed by atoms with Crippen molar-refractivity contribution in [1.82, 2.24) is 14.4 Å². The van der Waals surface area contributed by atoms with Crippen LogP contribution in [0.5, 0.6) is 0 Å². The number of rotatable bonds is 3. The number of para-hydroxylation sites is 1. The van der Waals surface area contributed by atoms with Crippen LogP contribution in [0.2, 0.25) is 0 Å². The summed E-state index contributed by atoms with van der Waals surface area (Å²) in [5.74, 6) is 1.74. The molecule has 0 bridgehead atoms. The predicted molar refractivity (Wildman–Crippen MR) is 112 cm³/mol. The third-order valence-electron chi connectivity index (χ3n) is 6.88. The number of pyridine rings is 1. The predicted octanol–water partition coefficient (Wildman–Crippen LogP) is 3.01. The summed E-state index contributed by atoms with van der Waals surface area (Å²) in [6.07, 6.45) is 4.71. The summed E-state index contributed by atoms with van der Waals surface area (Å²) in [5, 5.41) is 1.13. The van der Waals surface area contributed by atoms with Gasteiger partial charge in [-0.05, 0) is 68.1 Å². The fourth-order valence-corrected chi connectivity index (χ4v) is 5.11. The molecule has 0 aliphatic carbocycles. The summed E-state index contributed by atoms with van der Waals surface area (Å²) < 4.78 is 1.78. The Morgan fingerprint density at radius 3 is 2.25 bits per heavy atom. The molecule has 1 aromatic carbocycles. The second-order valence-electron chi connectivity index (χ2n) is 8.55. The summed E-state index contributed by atoms with van der Waals surface area (Å²) in [5.41, 5.74) is 2.01. The maximum absolute atomic E-state index is 12.8. The first-order valence-electron chi connectivity index (χ1n) is 10.6. The Kier molecular flexibility index (Phi) is 5.54. The number of aromatic nitrogens is 1. The van der Waals surface area contributed by atoms with Gasteiger partial charge < -0.3 is 9.47 Å². The molecule has 0 atom stereocenters. The molecule has 0 radical (unpaired) electrons. The lowest BCUT2D eigenvalue weighted by Crippen LogP contribution is -2.42. The fourth-order valence-electron chi connectivity index (χ4n) is 5.11. The molecule has 5 heteroatoms. The number of nitrogens with zero attached hydrogens (tertiary/aromatic N) is 3. The third kappa shape index (κ3) is 3.86. The zero-order chi connectivity index (χ0) is 19.7. The smallest absolute Gasteiger partial charge is 0.255 e. The van der Waals surface area contributed by atoms with Gasteiger partial charge in [0.15, 0.2) is 0 Å². The third-order valence-corrected chi connectivity index (χ3v) is 6.88. The molecule has 1 aromatic heterocycles. The average molecular weight is 382 g/mol. The molecule has 2 aliphatic rings. The second-order valence-corrected chi connectivity index (χ2v) is 8.55. The van der Waals surface area contributed by atoms with Gasteiger partial charge in [-0.2, -0.15) is 0 Å². The van der Waals surface area contributed by atoms with Crippen molar-refractivity contribution in [3.05, 3.63) is 46.2 Å². The highest BCUT2D eigenvalue weighted by Gasteiger charge is 2.30. The van der Waals surface area contributed by atoms with Gasteiger partial charge in [0, 0.05) is 39.2 Å². The number of likely N-dealkylation sites (tertiary alicyclic amines) is 2. The van der Waals surface area contributed by atoms with Gasteiger partial charge in [0.2, 0.25) is 5.91 Å². The van der Waals surface area contributed by atoms with Crippen LogP contribution in [0.15, 0.2) is 35.1 Å². The van der Waals surface area contributed by atoms with Crippen molar-refractivity contribution >= 4 is 16.8 Å². The molecule has 2 aliphatic heterocycles. The molecular weight excluding hydrogens is 350 g/mol. The Hall–Kier alpha value is -2.14. The van der Waals surface area contributed by atoms with Crippen LogP contribution in [0.1, 0.15) is 38.2 Å². The number of amides is 1. The molecule has 0 saturated carbocycles. The lowest BCUT2D eigenvalue weighted by molar-refractivity contribution is -0.130. The molecule has 2 fully saturated rings. The maximum atomic E-state index is 12.8. The van der Waals surface area contributed by atoms with Gasteiger partial charge in [0.1, 0.15) is 0 Å². The Morgan fingerprint density at radius 2 is 1.61 bits per heavy atom. The number of benzene rings is 1. The molecule has 28 heavy (non-hydrogen) atoms. The van der Waals surface area contributed by atoms with E-state index >= 15 is 0 Å². The molecule has 1 amide bonds. The van der Waals surface area contributed by atoms with E-state index in [1.807, 2.05) is 30.1 Å². The number of hydrogen-bond donors (Lipinski definition) is 0. The second kappa shape index (κ2) is 8.08. The highest BCUT2D eigenvalue weighted by Crippen LogP contribution is 2.32. The SMILES string of the molecule is CC(=O)N1CCC(C2CCN(Cc3cc4ccccc4n(C)c3=O)CC2)CC1. The number of fused-ring (bicyclic) bond motifs is 1. The van der Waals surface area contributed by atoms with Crippen LogP contribution < -0.4 is 5.56 Å². The van der Waals surface area contributed by atoms with Gasteiger partial charge >= 0.3 is 0 Å². The van der Waals surface area contributed by atoms with E-state index in [0.29, 0.717) is 0 Å². The van der Waals surface area contributed by atoms with Gasteiger partial charge in [-0.25, -0.2) is 0 Å². The van der Waals surface area contributed by atoms with Crippen LogP contribution in [-0.4, -0.2) is 46.5 Å². The van der Waals surface area contributed by atoms with E-state index in [-0.39, 0.29) is 11.5 Å². The molecule has 3 heterocycles. The van der Waals surface area contributed by atoms with Crippen LogP contribution in [-0.2, 0) is 18.4 Å². The molecule has 2 saturated heterocycles. The monoisotopic (exact) mass is 381 g/mol. The van der Waals surface area contributed by atoms with Gasteiger partial charge in [-0.3, -0.25) is 14.5 Å². The van der Waals surface area contributed by atoms with Crippen LogP contribution in [0.3, 0.4) is 0 Å². The van der Waals surface area contributed by atoms with Gasteiger partial charge in [0.25, 0.3) is 5.56 Å². The van der Waals surface area contributed by atoms with E-state index in [0.717, 1.165) is 73.9 Å². The van der Waals surface area contributed by atoms with E-state index in [2.05, 4.69) is 17.0 Å². The molecule has 5 nitrogen and oxygen atoms in total. The van der Waals surface area contributed by atoms with Crippen molar-refractivity contribution in [3.63, 3.8) is 0 Å². The summed E-state index contributed by atoms with van der Waals surface area (Å²) in [4.78, 5) is 28.7. The quantitative estimate of drug-likeness (QED) is 0.821.